The molecule has 1 heterocycles. The number of nitrogens with zero attached hydrogens (tertiary/aromatic N) is 1. The van der Waals surface area contributed by atoms with Gasteiger partial charge in [0, 0.05) is 5.57 Å². The molecule has 1 fully saturated rings. The molecule has 2 atom stereocenters. The van der Waals surface area contributed by atoms with E-state index in [2.05, 4.69) is 6.58 Å². The first-order valence-electron chi connectivity index (χ1n) is 7.89. The van der Waals surface area contributed by atoms with Gasteiger partial charge in [0.05, 0.1) is 17.5 Å². The van der Waals surface area contributed by atoms with E-state index in [1.54, 1.807) is 31.2 Å². The highest BCUT2D eigenvalue weighted by Crippen LogP contribution is 2.39. The summed E-state index contributed by atoms with van der Waals surface area (Å²) in [6.07, 6.45) is 3.29. The molecular formula is C19H19NO4. The zero-order chi connectivity index (χ0) is 17.4. The zero-order valence-electron chi connectivity index (χ0n) is 13.7. The Morgan fingerprint density at radius 3 is 2.42 bits per heavy atom. The van der Waals surface area contributed by atoms with E-state index >= 15 is 0 Å². The van der Waals surface area contributed by atoms with Gasteiger partial charge < -0.3 is 4.74 Å². The molecule has 3 rings (SSSR count). The molecular weight excluding hydrogens is 306 g/mol. The van der Waals surface area contributed by atoms with E-state index in [0.29, 0.717) is 29.9 Å². The number of fused-ring (bicyclic) bond motifs is 1. The summed E-state index contributed by atoms with van der Waals surface area (Å²) in [6.45, 7) is 7.08. The Kier molecular flexibility index (Phi) is 4.09. The Morgan fingerprint density at radius 1 is 1.17 bits per heavy atom. The molecule has 1 aliphatic carbocycles. The molecule has 124 valence electrons. The molecule has 0 N–H and O–H groups in total. The Hall–Kier alpha value is -2.69. The van der Waals surface area contributed by atoms with Crippen molar-refractivity contribution in [3.05, 3.63) is 48.1 Å². The molecule has 0 saturated carbocycles. The van der Waals surface area contributed by atoms with Gasteiger partial charge in [-0.3, -0.25) is 14.5 Å². The number of esters is 1. The molecule has 5 heteroatoms. The molecule has 1 aromatic rings. The van der Waals surface area contributed by atoms with Crippen LogP contribution < -0.4 is 9.64 Å². The van der Waals surface area contributed by atoms with Crippen LogP contribution in [0.3, 0.4) is 0 Å². The first-order chi connectivity index (χ1) is 11.4. The average molecular weight is 325 g/mol. The molecule has 0 spiro atoms. The van der Waals surface area contributed by atoms with Crippen LogP contribution in [0, 0.1) is 11.8 Å². The van der Waals surface area contributed by atoms with Gasteiger partial charge in [0.15, 0.2) is 0 Å². The monoisotopic (exact) mass is 325 g/mol. The van der Waals surface area contributed by atoms with Crippen LogP contribution in [0.25, 0.3) is 0 Å². The predicted octanol–water partition coefficient (Wildman–Crippen LogP) is 3.01. The highest BCUT2D eigenvalue weighted by atomic mass is 16.5. The van der Waals surface area contributed by atoms with Gasteiger partial charge in [-0.2, -0.15) is 0 Å². The second-order valence-corrected chi connectivity index (χ2v) is 6.38. The van der Waals surface area contributed by atoms with Crippen molar-refractivity contribution >= 4 is 23.5 Å². The summed E-state index contributed by atoms with van der Waals surface area (Å²) in [5.74, 6) is -0.987. The molecule has 24 heavy (non-hydrogen) atoms. The second-order valence-electron chi connectivity index (χ2n) is 6.38. The van der Waals surface area contributed by atoms with E-state index in [4.69, 9.17) is 4.74 Å². The number of hydrogen-bond acceptors (Lipinski definition) is 4. The Morgan fingerprint density at radius 2 is 1.79 bits per heavy atom. The third-order valence-electron chi connectivity index (χ3n) is 4.48. The Balaban J connectivity index is 1.80. The van der Waals surface area contributed by atoms with Crippen molar-refractivity contribution in [3.63, 3.8) is 0 Å². The van der Waals surface area contributed by atoms with Gasteiger partial charge in [-0.1, -0.05) is 18.2 Å². The van der Waals surface area contributed by atoms with Crippen LogP contribution in [0.2, 0.25) is 0 Å². The summed E-state index contributed by atoms with van der Waals surface area (Å²) < 4.78 is 5.12. The fourth-order valence-corrected chi connectivity index (χ4v) is 3.15. The Bertz CT molecular complexity index is 760. The van der Waals surface area contributed by atoms with Crippen molar-refractivity contribution in [2.75, 3.05) is 4.90 Å². The molecule has 0 aromatic heterocycles. The van der Waals surface area contributed by atoms with Gasteiger partial charge in [-0.25, -0.2) is 4.79 Å². The molecule has 2 unspecified atom stereocenters. The molecule has 1 saturated heterocycles. The van der Waals surface area contributed by atoms with Gasteiger partial charge in [0.2, 0.25) is 11.8 Å². The van der Waals surface area contributed by atoms with Crippen molar-refractivity contribution in [1.29, 1.82) is 0 Å². The van der Waals surface area contributed by atoms with Gasteiger partial charge in [0.25, 0.3) is 0 Å². The molecule has 0 radical (unpaired) electrons. The minimum atomic E-state index is -0.511. The molecule has 2 aliphatic rings. The van der Waals surface area contributed by atoms with Crippen molar-refractivity contribution < 1.29 is 19.1 Å². The lowest BCUT2D eigenvalue weighted by atomic mass is 9.82. The maximum absolute atomic E-state index is 12.6. The first kappa shape index (κ1) is 16.2. The largest absolute Gasteiger partial charge is 0.423 e. The van der Waals surface area contributed by atoms with E-state index in [1.165, 1.54) is 4.90 Å². The van der Waals surface area contributed by atoms with Crippen molar-refractivity contribution in [3.8, 4) is 5.75 Å². The maximum atomic E-state index is 12.6. The van der Waals surface area contributed by atoms with Crippen molar-refractivity contribution in [2.45, 2.75) is 26.7 Å². The number of amides is 2. The number of carbonyl (C=O) groups excluding carboxylic acids is 3. The number of anilines is 1. The van der Waals surface area contributed by atoms with Crippen molar-refractivity contribution in [1.82, 2.24) is 0 Å². The summed E-state index contributed by atoms with van der Waals surface area (Å²) in [4.78, 5) is 38.0. The van der Waals surface area contributed by atoms with Gasteiger partial charge in [0.1, 0.15) is 5.75 Å². The summed E-state index contributed by atoms with van der Waals surface area (Å²) in [5.41, 5.74) is 1.96. The second kappa shape index (κ2) is 6.07. The third kappa shape index (κ3) is 2.77. The fraction of sp³-hybridized carbons (Fsp3) is 0.316. The number of imide groups is 1. The normalized spacial score (nSPS) is 22.9. The molecule has 1 aliphatic heterocycles. The van der Waals surface area contributed by atoms with Crippen LogP contribution in [0.4, 0.5) is 5.69 Å². The number of carbonyl (C=O) groups is 3. The molecule has 5 nitrogen and oxygen atoms in total. The van der Waals surface area contributed by atoms with E-state index in [-0.39, 0.29) is 23.7 Å². The summed E-state index contributed by atoms with van der Waals surface area (Å²) >= 11 is 0. The first-order valence-corrected chi connectivity index (χ1v) is 7.89. The SMILES string of the molecule is C=C(C)C(=O)Oc1ccc(N2C(=O)C3CC=C(C)CC3C2=O)cc1. The lowest BCUT2D eigenvalue weighted by molar-refractivity contribution is -0.130. The van der Waals surface area contributed by atoms with E-state index in [0.717, 1.165) is 5.57 Å². The van der Waals surface area contributed by atoms with Crippen LogP contribution >= 0.6 is 0 Å². The van der Waals surface area contributed by atoms with E-state index in [9.17, 15) is 14.4 Å². The smallest absolute Gasteiger partial charge is 0.338 e. The number of hydrogen-bond donors (Lipinski definition) is 0. The molecule has 1 aromatic carbocycles. The van der Waals surface area contributed by atoms with Crippen LogP contribution in [0.5, 0.6) is 5.75 Å². The molecule has 0 bridgehead atoms. The van der Waals surface area contributed by atoms with Gasteiger partial charge >= 0.3 is 5.97 Å². The van der Waals surface area contributed by atoms with Gasteiger partial charge in [-0.05, 0) is 51.0 Å². The van der Waals surface area contributed by atoms with E-state index in [1.807, 2.05) is 13.0 Å². The lowest BCUT2D eigenvalue weighted by Crippen LogP contribution is -2.30. The fourth-order valence-electron chi connectivity index (χ4n) is 3.15. The van der Waals surface area contributed by atoms with Gasteiger partial charge in [-0.15, -0.1) is 0 Å². The summed E-state index contributed by atoms with van der Waals surface area (Å²) in [5, 5.41) is 0. The maximum Gasteiger partial charge on any atom is 0.338 e. The topological polar surface area (TPSA) is 63.7 Å². The minimum absolute atomic E-state index is 0.149. The average Bonchev–Trinajstić information content (AvgIpc) is 2.79. The Labute approximate surface area is 140 Å². The summed E-state index contributed by atoms with van der Waals surface area (Å²) in [6, 6.07) is 6.38. The molecule has 2 amide bonds. The van der Waals surface area contributed by atoms with Crippen LogP contribution in [-0.2, 0) is 14.4 Å². The number of rotatable bonds is 3. The minimum Gasteiger partial charge on any atom is -0.423 e. The van der Waals surface area contributed by atoms with Crippen LogP contribution in [0.15, 0.2) is 48.1 Å². The van der Waals surface area contributed by atoms with Crippen LogP contribution in [-0.4, -0.2) is 17.8 Å². The third-order valence-corrected chi connectivity index (χ3v) is 4.48. The highest BCUT2D eigenvalue weighted by Gasteiger charge is 2.48. The predicted molar refractivity (Wildman–Crippen MR) is 89.4 cm³/mol. The van der Waals surface area contributed by atoms with E-state index < -0.39 is 5.97 Å². The van der Waals surface area contributed by atoms with Crippen molar-refractivity contribution in [2.24, 2.45) is 11.8 Å². The quantitative estimate of drug-likeness (QED) is 0.282. The lowest BCUT2D eigenvalue weighted by Gasteiger charge is -2.18. The summed E-state index contributed by atoms with van der Waals surface area (Å²) in [7, 11) is 0. The highest BCUT2D eigenvalue weighted by molar-refractivity contribution is 6.22. The zero-order valence-corrected chi connectivity index (χ0v) is 13.7. The van der Waals surface area contributed by atoms with Crippen LogP contribution in [0.1, 0.15) is 26.7 Å². The number of allylic oxidation sites excluding steroid dienone is 2. The standard InChI is InChI=1S/C19H19NO4/c1-11(2)19(23)24-14-7-5-13(6-8-14)20-17(21)15-9-4-12(3)10-16(15)18(20)22/h4-8,15-16H,1,9-10H2,2-3H3. The number of ether oxygens (including phenoxy) is 1. The number of benzene rings is 1.